The third kappa shape index (κ3) is 3.61. The summed E-state index contributed by atoms with van der Waals surface area (Å²) in [5, 5.41) is -0.179. The Morgan fingerprint density at radius 1 is 1.46 bits per heavy atom. The minimum atomic E-state index is -3.23. The molecule has 1 aromatic heterocycles. The SMILES string of the molecule is CN(CC#Cc1cn([C@H]2CCCS2)c(=O)nc1N)S(=O)(=O)C1CC1. The van der Waals surface area contributed by atoms with Crippen LogP contribution in [0.2, 0.25) is 0 Å². The fraction of sp³-hybridized carbons (Fsp3) is 0.600. The Kier molecular flexibility index (Phi) is 4.90. The van der Waals surface area contributed by atoms with E-state index in [0.717, 1.165) is 31.4 Å². The Bertz CT molecular complexity index is 844. The first kappa shape index (κ1) is 17.3. The van der Waals surface area contributed by atoms with Gasteiger partial charge in [-0.3, -0.25) is 4.57 Å². The van der Waals surface area contributed by atoms with Gasteiger partial charge in [0.1, 0.15) is 5.82 Å². The Morgan fingerprint density at radius 3 is 2.83 bits per heavy atom. The van der Waals surface area contributed by atoms with Crippen molar-refractivity contribution in [1.29, 1.82) is 0 Å². The fourth-order valence-electron chi connectivity index (χ4n) is 2.52. The number of hydrogen-bond acceptors (Lipinski definition) is 6. The van der Waals surface area contributed by atoms with E-state index in [2.05, 4.69) is 16.8 Å². The van der Waals surface area contributed by atoms with Gasteiger partial charge in [-0.15, -0.1) is 11.8 Å². The highest BCUT2D eigenvalue weighted by Crippen LogP contribution is 2.34. The highest BCUT2D eigenvalue weighted by molar-refractivity contribution is 7.99. The summed E-state index contributed by atoms with van der Waals surface area (Å²) in [6, 6.07) is 0. The lowest BCUT2D eigenvalue weighted by molar-refractivity contribution is 0.501. The van der Waals surface area contributed by atoms with Crippen molar-refractivity contribution in [2.75, 3.05) is 25.1 Å². The highest BCUT2D eigenvalue weighted by atomic mass is 32.2. The molecule has 2 heterocycles. The highest BCUT2D eigenvalue weighted by Gasteiger charge is 2.38. The maximum Gasteiger partial charge on any atom is 0.350 e. The number of aromatic nitrogens is 2. The minimum absolute atomic E-state index is 0.0732. The van der Waals surface area contributed by atoms with Crippen LogP contribution in [0, 0.1) is 11.8 Å². The van der Waals surface area contributed by atoms with Crippen LogP contribution in [0.25, 0.3) is 0 Å². The lowest BCUT2D eigenvalue weighted by Crippen LogP contribution is -2.30. The molecule has 2 fully saturated rings. The maximum absolute atomic E-state index is 12.0. The Hall–Kier alpha value is -1.50. The zero-order valence-electron chi connectivity index (χ0n) is 13.4. The van der Waals surface area contributed by atoms with Crippen LogP contribution in [0.3, 0.4) is 0 Å². The molecule has 0 spiro atoms. The summed E-state index contributed by atoms with van der Waals surface area (Å²) in [7, 11) is -1.71. The summed E-state index contributed by atoms with van der Waals surface area (Å²) >= 11 is 1.71. The molecule has 0 bridgehead atoms. The van der Waals surface area contributed by atoms with Gasteiger partial charge in [0.25, 0.3) is 0 Å². The van der Waals surface area contributed by atoms with Gasteiger partial charge in [-0.2, -0.15) is 9.29 Å². The number of nitrogen functional groups attached to an aromatic ring is 1. The summed E-state index contributed by atoms with van der Waals surface area (Å²) in [6.07, 6.45) is 5.07. The Morgan fingerprint density at radius 2 is 2.21 bits per heavy atom. The Labute approximate surface area is 145 Å². The molecule has 0 aromatic carbocycles. The molecule has 1 saturated carbocycles. The number of anilines is 1. The van der Waals surface area contributed by atoms with Crippen LogP contribution in [0.5, 0.6) is 0 Å². The smallest absolute Gasteiger partial charge is 0.350 e. The number of nitrogens with zero attached hydrogens (tertiary/aromatic N) is 3. The first-order valence-electron chi connectivity index (χ1n) is 7.84. The average Bonchev–Trinajstić information content (AvgIpc) is 3.26. The van der Waals surface area contributed by atoms with Crippen LogP contribution in [0.1, 0.15) is 36.6 Å². The van der Waals surface area contributed by atoms with Gasteiger partial charge < -0.3 is 5.73 Å². The molecule has 0 amide bonds. The van der Waals surface area contributed by atoms with E-state index in [9.17, 15) is 13.2 Å². The summed E-state index contributed by atoms with van der Waals surface area (Å²) < 4.78 is 26.9. The van der Waals surface area contributed by atoms with E-state index < -0.39 is 10.0 Å². The van der Waals surface area contributed by atoms with Crippen molar-refractivity contribution in [3.05, 3.63) is 22.2 Å². The van der Waals surface area contributed by atoms with Crippen molar-refractivity contribution < 1.29 is 8.42 Å². The quantitative estimate of drug-likeness (QED) is 0.783. The number of rotatable bonds is 4. The predicted octanol–water partition coefficient (Wildman–Crippen LogP) is 0.627. The van der Waals surface area contributed by atoms with Crippen LogP contribution in [-0.4, -0.2) is 46.9 Å². The Balaban J connectivity index is 1.78. The largest absolute Gasteiger partial charge is 0.382 e. The summed E-state index contributed by atoms with van der Waals surface area (Å²) in [5.41, 5.74) is 5.87. The van der Waals surface area contributed by atoms with Crippen LogP contribution in [0.4, 0.5) is 5.82 Å². The molecule has 0 unspecified atom stereocenters. The van der Waals surface area contributed by atoms with E-state index in [-0.39, 0.29) is 28.7 Å². The molecule has 0 radical (unpaired) electrons. The lowest BCUT2D eigenvalue weighted by Gasteiger charge is -2.13. The van der Waals surface area contributed by atoms with Gasteiger partial charge in [0, 0.05) is 13.2 Å². The molecule has 1 saturated heterocycles. The molecule has 1 atom stereocenters. The standard InChI is InChI=1S/C15H20N4O3S2/c1-18(24(21,22)12-6-7-12)8-2-4-11-10-19(13-5-3-9-23-13)15(20)17-14(11)16/h10,12-13H,3,5-9H2,1H3,(H2,16,17,20)/t13-/m1/s1. The van der Waals surface area contributed by atoms with Gasteiger partial charge in [0.05, 0.1) is 22.7 Å². The van der Waals surface area contributed by atoms with E-state index in [1.165, 1.54) is 11.4 Å². The van der Waals surface area contributed by atoms with E-state index in [1.54, 1.807) is 22.5 Å². The van der Waals surface area contributed by atoms with Gasteiger partial charge in [-0.1, -0.05) is 11.8 Å². The van der Waals surface area contributed by atoms with Crippen LogP contribution < -0.4 is 11.4 Å². The summed E-state index contributed by atoms with van der Waals surface area (Å²) in [6.45, 7) is 0.0928. The molecule has 1 aliphatic heterocycles. The average molecular weight is 368 g/mol. The fourth-order valence-corrected chi connectivity index (χ4v) is 5.26. The molecule has 7 nitrogen and oxygen atoms in total. The topological polar surface area (TPSA) is 98.3 Å². The second-order valence-corrected chi connectivity index (χ2v) is 9.61. The van der Waals surface area contributed by atoms with Gasteiger partial charge >= 0.3 is 5.69 Å². The van der Waals surface area contributed by atoms with Crippen molar-refractivity contribution >= 4 is 27.6 Å². The molecule has 130 valence electrons. The molecule has 9 heteroatoms. The molecular weight excluding hydrogens is 348 g/mol. The van der Waals surface area contributed by atoms with Crippen molar-refractivity contribution in [2.45, 2.75) is 36.3 Å². The maximum atomic E-state index is 12.0. The number of hydrogen-bond donors (Lipinski definition) is 1. The van der Waals surface area contributed by atoms with Crippen LogP contribution in [-0.2, 0) is 10.0 Å². The number of nitrogens with two attached hydrogens (primary N) is 1. The zero-order valence-corrected chi connectivity index (χ0v) is 15.1. The molecule has 1 aliphatic carbocycles. The van der Waals surface area contributed by atoms with E-state index >= 15 is 0 Å². The van der Waals surface area contributed by atoms with Crippen LogP contribution >= 0.6 is 11.8 Å². The van der Waals surface area contributed by atoms with Gasteiger partial charge in [-0.05, 0) is 31.4 Å². The molecule has 2 aliphatic rings. The minimum Gasteiger partial charge on any atom is -0.382 e. The first-order valence-corrected chi connectivity index (χ1v) is 10.4. The normalized spacial score (nSPS) is 20.8. The number of sulfonamides is 1. The van der Waals surface area contributed by atoms with E-state index in [4.69, 9.17) is 5.73 Å². The van der Waals surface area contributed by atoms with Crippen molar-refractivity contribution in [3.8, 4) is 11.8 Å². The van der Waals surface area contributed by atoms with Crippen molar-refractivity contribution in [1.82, 2.24) is 13.9 Å². The molecular formula is C15H20N4O3S2. The lowest BCUT2D eigenvalue weighted by atomic mass is 10.3. The zero-order chi connectivity index (χ0) is 17.3. The second-order valence-electron chi connectivity index (χ2n) is 6.00. The first-order chi connectivity index (χ1) is 11.4. The van der Waals surface area contributed by atoms with Gasteiger partial charge in [-0.25, -0.2) is 13.2 Å². The number of thioether (sulfide) groups is 1. The van der Waals surface area contributed by atoms with E-state index in [1.807, 2.05) is 0 Å². The summed E-state index contributed by atoms with van der Waals surface area (Å²) in [4.78, 5) is 15.8. The monoisotopic (exact) mass is 368 g/mol. The van der Waals surface area contributed by atoms with E-state index in [0.29, 0.717) is 5.56 Å². The van der Waals surface area contributed by atoms with Gasteiger partial charge in [0.15, 0.2) is 0 Å². The molecule has 3 rings (SSSR count). The predicted molar refractivity (Wildman–Crippen MR) is 95.1 cm³/mol. The van der Waals surface area contributed by atoms with Crippen LogP contribution in [0.15, 0.2) is 11.0 Å². The van der Waals surface area contributed by atoms with Gasteiger partial charge in [0.2, 0.25) is 10.0 Å². The molecule has 2 N–H and O–H groups in total. The molecule has 1 aromatic rings. The summed E-state index contributed by atoms with van der Waals surface area (Å²) in [5.74, 6) is 6.78. The van der Waals surface area contributed by atoms with Crippen molar-refractivity contribution in [2.24, 2.45) is 0 Å². The third-order valence-electron chi connectivity index (χ3n) is 4.10. The second kappa shape index (κ2) is 6.78. The molecule has 24 heavy (non-hydrogen) atoms. The van der Waals surface area contributed by atoms with Crippen molar-refractivity contribution in [3.63, 3.8) is 0 Å². The third-order valence-corrected chi connectivity index (χ3v) is 7.79.